The van der Waals surface area contributed by atoms with E-state index in [0.29, 0.717) is 24.9 Å². The van der Waals surface area contributed by atoms with Crippen LogP contribution in [-0.2, 0) is 24.2 Å². The van der Waals surface area contributed by atoms with Crippen LogP contribution in [0.1, 0.15) is 36.0 Å². The average Bonchev–Trinajstić information content (AvgIpc) is 3.05. The monoisotopic (exact) mass is 279 g/mol. The molecule has 2 aromatic rings. The molecule has 0 amide bonds. The third-order valence-corrected chi connectivity index (χ3v) is 4.33. The minimum absolute atomic E-state index is 0.392. The normalized spacial score (nSPS) is 13.9. The molecular formula is C13H17N3O2S. The summed E-state index contributed by atoms with van der Waals surface area (Å²) in [6, 6.07) is 0. The number of nitrogens with zero attached hydrogens (tertiary/aromatic N) is 2. The Hall–Kier alpha value is -1.40. The smallest absolute Gasteiger partial charge is 0.261 e. The predicted octanol–water partition coefficient (Wildman–Crippen LogP) is 2.80. The lowest BCUT2D eigenvalue weighted by Crippen LogP contribution is -1.96. The molecule has 1 aliphatic carbocycles. The van der Waals surface area contributed by atoms with Gasteiger partial charge in [0.2, 0.25) is 0 Å². The molecule has 0 radical (unpaired) electrons. The van der Waals surface area contributed by atoms with Crippen LogP contribution in [0.3, 0.4) is 0 Å². The Morgan fingerprint density at radius 2 is 2.32 bits per heavy atom. The molecule has 2 aromatic heterocycles. The highest BCUT2D eigenvalue weighted by molar-refractivity contribution is 7.16. The van der Waals surface area contributed by atoms with E-state index in [9.17, 15) is 0 Å². The van der Waals surface area contributed by atoms with E-state index in [0.717, 1.165) is 29.8 Å². The van der Waals surface area contributed by atoms with Crippen LogP contribution in [0.15, 0.2) is 4.52 Å². The lowest BCUT2D eigenvalue weighted by atomic mass is 10.1. The second-order valence-corrected chi connectivity index (χ2v) is 5.80. The molecule has 5 nitrogen and oxygen atoms in total. The first kappa shape index (κ1) is 12.6. The van der Waals surface area contributed by atoms with Crippen LogP contribution in [-0.4, -0.2) is 16.7 Å². The maximum atomic E-state index is 6.07. The summed E-state index contributed by atoms with van der Waals surface area (Å²) in [7, 11) is 0. The molecule has 0 fully saturated rings. The van der Waals surface area contributed by atoms with Gasteiger partial charge in [0.15, 0.2) is 5.82 Å². The Kier molecular flexibility index (Phi) is 3.52. The second kappa shape index (κ2) is 5.30. The van der Waals surface area contributed by atoms with Crippen molar-refractivity contribution < 1.29 is 9.26 Å². The molecule has 0 spiro atoms. The topological polar surface area (TPSA) is 74.2 Å². The molecule has 0 aliphatic heterocycles. The van der Waals surface area contributed by atoms with Gasteiger partial charge in [-0.1, -0.05) is 12.1 Å². The van der Waals surface area contributed by atoms with Crippen LogP contribution < -0.4 is 5.73 Å². The molecule has 0 aromatic carbocycles. The fraction of sp³-hybridized carbons (Fsp3) is 0.538. The van der Waals surface area contributed by atoms with E-state index >= 15 is 0 Å². The molecule has 0 unspecified atom stereocenters. The number of hydrogen-bond donors (Lipinski definition) is 1. The predicted molar refractivity (Wildman–Crippen MR) is 74.0 cm³/mol. The first-order valence-electron chi connectivity index (χ1n) is 6.60. The van der Waals surface area contributed by atoms with E-state index in [1.165, 1.54) is 16.9 Å². The SMILES string of the molecule is CCCOCc1noc(-c2c(N)sc3c2CCC3)n1. The van der Waals surface area contributed by atoms with Crippen molar-refractivity contribution in [2.75, 3.05) is 12.3 Å². The summed E-state index contributed by atoms with van der Waals surface area (Å²) in [5, 5.41) is 4.73. The van der Waals surface area contributed by atoms with Crippen molar-refractivity contribution in [1.82, 2.24) is 10.1 Å². The lowest BCUT2D eigenvalue weighted by Gasteiger charge is -1.97. The Bertz CT molecular complexity index is 576. The minimum atomic E-state index is 0.392. The zero-order chi connectivity index (χ0) is 13.2. The first-order valence-corrected chi connectivity index (χ1v) is 7.42. The maximum Gasteiger partial charge on any atom is 0.261 e. The molecule has 0 bridgehead atoms. The Balaban J connectivity index is 1.83. The van der Waals surface area contributed by atoms with Crippen LogP contribution in [0, 0.1) is 0 Å². The van der Waals surface area contributed by atoms with Gasteiger partial charge in [-0.2, -0.15) is 4.98 Å². The van der Waals surface area contributed by atoms with Crippen LogP contribution in [0.5, 0.6) is 0 Å². The molecule has 102 valence electrons. The molecule has 0 saturated carbocycles. The minimum Gasteiger partial charge on any atom is -0.390 e. The number of ether oxygens (including phenoxy) is 1. The number of aryl methyl sites for hydroxylation is 1. The number of thiophene rings is 1. The van der Waals surface area contributed by atoms with Gasteiger partial charge in [0, 0.05) is 11.5 Å². The van der Waals surface area contributed by atoms with Gasteiger partial charge in [0.25, 0.3) is 5.89 Å². The molecule has 6 heteroatoms. The lowest BCUT2D eigenvalue weighted by molar-refractivity contribution is 0.114. The third kappa shape index (κ3) is 2.37. The van der Waals surface area contributed by atoms with Crippen molar-refractivity contribution in [2.45, 2.75) is 39.2 Å². The van der Waals surface area contributed by atoms with Crippen LogP contribution in [0.2, 0.25) is 0 Å². The van der Waals surface area contributed by atoms with E-state index in [1.54, 1.807) is 11.3 Å². The Morgan fingerprint density at radius 3 is 3.16 bits per heavy atom. The molecule has 2 N–H and O–H groups in total. The number of aromatic nitrogens is 2. The molecule has 2 heterocycles. The zero-order valence-corrected chi connectivity index (χ0v) is 11.8. The largest absolute Gasteiger partial charge is 0.390 e. The number of nitrogens with two attached hydrogens (primary N) is 1. The second-order valence-electron chi connectivity index (χ2n) is 4.66. The Labute approximate surface area is 115 Å². The van der Waals surface area contributed by atoms with Gasteiger partial charge in [0.1, 0.15) is 6.61 Å². The summed E-state index contributed by atoms with van der Waals surface area (Å²) >= 11 is 1.65. The van der Waals surface area contributed by atoms with Gasteiger partial charge in [-0.25, -0.2) is 0 Å². The van der Waals surface area contributed by atoms with Crippen molar-refractivity contribution in [3.05, 3.63) is 16.3 Å². The van der Waals surface area contributed by atoms with Gasteiger partial charge >= 0.3 is 0 Å². The van der Waals surface area contributed by atoms with E-state index in [-0.39, 0.29) is 0 Å². The van der Waals surface area contributed by atoms with Gasteiger partial charge in [-0.05, 0) is 31.2 Å². The standard InChI is InChI=1S/C13H17N3O2S/c1-2-6-17-7-10-15-13(18-16-10)11-8-4-3-5-9(8)19-12(11)14/h2-7,14H2,1H3. The molecule has 1 aliphatic rings. The fourth-order valence-electron chi connectivity index (χ4n) is 2.38. The third-order valence-electron chi connectivity index (χ3n) is 3.21. The van der Waals surface area contributed by atoms with Gasteiger partial charge < -0.3 is 15.0 Å². The highest BCUT2D eigenvalue weighted by atomic mass is 32.1. The number of hydrogen-bond acceptors (Lipinski definition) is 6. The fourth-order valence-corrected chi connectivity index (χ4v) is 3.53. The highest BCUT2D eigenvalue weighted by Crippen LogP contribution is 2.42. The van der Waals surface area contributed by atoms with Crippen molar-refractivity contribution in [3.63, 3.8) is 0 Å². The van der Waals surface area contributed by atoms with Crippen molar-refractivity contribution in [1.29, 1.82) is 0 Å². The Morgan fingerprint density at radius 1 is 1.42 bits per heavy atom. The average molecular weight is 279 g/mol. The summed E-state index contributed by atoms with van der Waals surface area (Å²) in [5.74, 6) is 1.12. The van der Waals surface area contributed by atoms with Gasteiger partial charge in [0.05, 0.1) is 10.6 Å². The quantitative estimate of drug-likeness (QED) is 0.852. The summed E-state index contributed by atoms with van der Waals surface area (Å²) < 4.78 is 10.7. The number of fused-ring (bicyclic) bond motifs is 1. The van der Waals surface area contributed by atoms with Gasteiger partial charge in [-0.3, -0.25) is 0 Å². The number of anilines is 1. The zero-order valence-electron chi connectivity index (χ0n) is 10.9. The van der Waals surface area contributed by atoms with Crippen molar-refractivity contribution in [2.24, 2.45) is 0 Å². The molecule has 3 rings (SSSR count). The van der Waals surface area contributed by atoms with Crippen molar-refractivity contribution in [3.8, 4) is 11.5 Å². The summed E-state index contributed by atoms with van der Waals surface area (Å²) in [4.78, 5) is 5.76. The highest BCUT2D eigenvalue weighted by Gasteiger charge is 2.25. The number of nitrogen functional groups attached to an aromatic ring is 1. The molecule has 19 heavy (non-hydrogen) atoms. The van der Waals surface area contributed by atoms with Crippen LogP contribution in [0.25, 0.3) is 11.5 Å². The molecule has 0 saturated heterocycles. The summed E-state index contributed by atoms with van der Waals surface area (Å²) in [5.41, 5.74) is 8.32. The van der Waals surface area contributed by atoms with Crippen molar-refractivity contribution >= 4 is 16.3 Å². The van der Waals surface area contributed by atoms with Gasteiger partial charge in [-0.15, -0.1) is 11.3 Å². The van der Waals surface area contributed by atoms with E-state index in [2.05, 4.69) is 17.1 Å². The molecule has 0 atom stereocenters. The summed E-state index contributed by atoms with van der Waals surface area (Å²) in [6.45, 7) is 3.17. The molecular weight excluding hydrogens is 262 g/mol. The van der Waals surface area contributed by atoms with E-state index < -0.39 is 0 Å². The van der Waals surface area contributed by atoms with Crippen LogP contribution in [0.4, 0.5) is 5.00 Å². The van der Waals surface area contributed by atoms with E-state index in [1.807, 2.05) is 0 Å². The van der Waals surface area contributed by atoms with E-state index in [4.69, 9.17) is 15.0 Å². The van der Waals surface area contributed by atoms with Crippen LogP contribution >= 0.6 is 11.3 Å². The number of rotatable bonds is 5. The maximum absolute atomic E-state index is 6.07. The summed E-state index contributed by atoms with van der Waals surface area (Å²) in [6.07, 6.45) is 4.35. The first-order chi connectivity index (χ1) is 9.29.